The third kappa shape index (κ3) is 2.86. The highest BCUT2D eigenvalue weighted by molar-refractivity contribution is 7.90. The zero-order valence-electron chi connectivity index (χ0n) is 7.77. The number of aromatic nitrogens is 1. The van der Waals surface area contributed by atoms with Gasteiger partial charge in [0.25, 0.3) is 0 Å². The van der Waals surface area contributed by atoms with Crippen molar-refractivity contribution in [2.75, 3.05) is 12.0 Å². The van der Waals surface area contributed by atoms with Gasteiger partial charge in [-0.05, 0) is 12.1 Å². The second-order valence-electron chi connectivity index (χ2n) is 3.24. The minimum atomic E-state index is -3.00. The van der Waals surface area contributed by atoms with Gasteiger partial charge in [0.1, 0.15) is 9.84 Å². The van der Waals surface area contributed by atoms with Crippen LogP contribution in [0.15, 0.2) is 18.3 Å². The van der Waals surface area contributed by atoms with E-state index in [1.807, 2.05) is 29.9 Å². The van der Waals surface area contributed by atoms with Crippen molar-refractivity contribution in [2.45, 2.75) is 6.04 Å². The molecule has 0 fully saturated rings. The largest absolute Gasteiger partial charge is 0.353 e. The summed E-state index contributed by atoms with van der Waals surface area (Å²) < 4.78 is 23.7. The highest BCUT2D eigenvalue weighted by Gasteiger charge is 2.14. The number of nitrogens with two attached hydrogens (primary N) is 1. The predicted molar refractivity (Wildman–Crippen MR) is 52.1 cm³/mol. The molecule has 0 saturated carbocycles. The maximum absolute atomic E-state index is 11.0. The highest BCUT2D eigenvalue weighted by atomic mass is 32.2. The average Bonchev–Trinajstić information content (AvgIpc) is 2.30. The summed E-state index contributed by atoms with van der Waals surface area (Å²) in [5, 5.41) is 0. The standard InChI is InChI=1S/C8H14N2O2S/c1-10-5-3-4-8(10)7(9)6-13(2,11)12/h3-5,7H,6,9H2,1-2H3/t7-/m0/s1. The van der Waals surface area contributed by atoms with Gasteiger partial charge >= 0.3 is 0 Å². The number of sulfone groups is 1. The molecule has 1 atom stereocenters. The Hall–Kier alpha value is -0.810. The third-order valence-electron chi connectivity index (χ3n) is 1.85. The molecule has 13 heavy (non-hydrogen) atoms. The molecule has 0 amide bonds. The van der Waals surface area contributed by atoms with Gasteiger partial charge in [-0.25, -0.2) is 8.42 Å². The Morgan fingerprint density at radius 2 is 2.23 bits per heavy atom. The van der Waals surface area contributed by atoms with Gasteiger partial charge in [0.2, 0.25) is 0 Å². The molecule has 0 aromatic carbocycles. The number of rotatable bonds is 3. The van der Waals surface area contributed by atoms with E-state index in [4.69, 9.17) is 5.73 Å². The Morgan fingerprint density at radius 1 is 1.62 bits per heavy atom. The first kappa shape index (κ1) is 10.3. The van der Waals surface area contributed by atoms with Gasteiger partial charge in [-0.1, -0.05) is 0 Å². The SMILES string of the molecule is Cn1cccc1[C@@H](N)CS(C)(=O)=O. The lowest BCUT2D eigenvalue weighted by molar-refractivity contribution is 0.591. The van der Waals surface area contributed by atoms with Crippen molar-refractivity contribution in [3.63, 3.8) is 0 Å². The molecule has 74 valence electrons. The van der Waals surface area contributed by atoms with Gasteiger partial charge in [0, 0.05) is 25.2 Å². The van der Waals surface area contributed by atoms with Crippen molar-refractivity contribution in [3.05, 3.63) is 24.0 Å². The molecular weight excluding hydrogens is 188 g/mol. The highest BCUT2D eigenvalue weighted by Crippen LogP contribution is 2.11. The molecule has 0 aliphatic carbocycles. The Bertz CT molecular complexity index is 381. The molecule has 0 aliphatic rings. The molecule has 0 spiro atoms. The Balaban J connectivity index is 2.81. The molecule has 1 rings (SSSR count). The van der Waals surface area contributed by atoms with Crippen LogP contribution in [0.1, 0.15) is 11.7 Å². The average molecular weight is 202 g/mol. The van der Waals surface area contributed by atoms with Crippen LogP contribution in [0, 0.1) is 0 Å². The molecule has 2 N–H and O–H groups in total. The van der Waals surface area contributed by atoms with Crippen LogP contribution in [0.2, 0.25) is 0 Å². The van der Waals surface area contributed by atoms with Crippen molar-refractivity contribution in [2.24, 2.45) is 12.8 Å². The maximum Gasteiger partial charge on any atom is 0.149 e. The molecular formula is C8H14N2O2S. The normalized spacial score (nSPS) is 14.4. The molecule has 0 unspecified atom stereocenters. The van der Waals surface area contributed by atoms with Crippen LogP contribution >= 0.6 is 0 Å². The molecule has 0 bridgehead atoms. The lowest BCUT2D eigenvalue weighted by atomic mass is 10.2. The van der Waals surface area contributed by atoms with Crippen molar-refractivity contribution in [3.8, 4) is 0 Å². The van der Waals surface area contributed by atoms with E-state index in [0.717, 1.165) is 5.69 Å². The maximum atomic E-state index is 11.0. The summed E-state index contributed by atoms with van der Waals surface area (Å²) >= 11 is 0. The van der Waals surface area contributed by atoms with Crippen LogP contribution in [0.3, 0.4) is 0 Å². The first-order valence-corrected chi connectivity index (χ1v) is 6.01. The van der Waals surface area contributed by atoms with E-state index in [9.17, 15) is 8.42 Å². The fourth-order valence-corrected chi connectivity index (χ4v) is 2.09. The van der Waals surface area contributed by atoms with Gasteiger partial charge < -0.3 is 10.3 Å². The molecule has 5 heteroatoms. The molecule has 4 nitrogen and oxygen atoms in total. The Labute approximate surface area is 78.3 Å². The van der Waals surface area contributed by atoms with E-state index in [0.29, 0.717) is 0 Å². The van der Waals surface area contributed by atoms with Gasteiger partial charge in [0.15, 0.2) is 0 Å². The first-order valence-electron chi connectivity index (χ1n) is 3.94. The summed E-state index contributed by atoms with van der Waals surface area (Å²) in [7, 11) is -1.16. The monoisotopic (exact) mass is 202 g/mol. The van der Waals surface area contributed by atoms with Crippen molar-refractivity contribution >= 4 is 9.84 Å². The van der Waals surface area contributed by atoms with Crippen LogP contribution < -0.4 is 5.73 Å². The van der Waals surface area contributed by atoms with Gasteiger partial charge in [0.05, 0.1) is 11.8 Å². The van der Waals surface area contributed by atoms with Crippen LogP contribution in [0.5, 0.6) is 0 Å². The van der Waals surface area contributed by atoms with E-state index in [1.54, 1.807) is 0 Å². The van der Waals surface area contributed by atoms with Crippen LogP contribution in [-0.4, -0.2) is 25.0 Å². The van der Waals surface area contributed by atoms with Crippen LogP contribution in [-0.2, 0) is 16.9 Å². The number of hydrogen-bond acceptors (Lipinski definition) is 3. The molecule has 0 aliphatic heterocycles. The van der Waals surface area contributed by atoms with Crippen LogP contribution in [0.25, 0.3) is 0 Å². The fourth-order valence-electron chi connectivity index (χ4n) is 1.27. The van der Waals surface area contributed by atoms with E-state index in [-0.39, 0.29) is 5.75 Å². The van der Waals surface area contributed by atoms with Crippen molar-refractivity contribution in [1.29, 1.82) is 0 Å². The summed E-state index contributed by atoms with van der Waals surface area (Å²) in [5.74, 6) is -0.00907. The minimum Gasteiger partial charge on any atom is -0.353 e. The molecule has 1 aromatic heterocycles. The number of aryl methyl sites for hydroxylation is 1. The smallest absolute Gasteiger partial charge is 0.149 e. The first-order chi connectivity index (χ1) is 5.90. The van der Waals surface area contributed by atoms with Gasteiger partial charge in [-0.3, -0.25) is 0 Å². The van der Waals surface area contributed by atoms with Gasteiger partial charge in [-0.2, -0.15) is 0 Å². The van der Waals surface area contributed by atoms with E-state index >= 15 is 0 Å². The lowest BCUT2D eigenvalue weighted by Gasteiger charge is -2.11. The van der Waals surface area contributed by atoms with Gasteiger partial charge in [-0.15, -0.1) is 0 Å². The van der Waals surface area contributed by atoms with E-state index in [1.165, 1.54) is 6.26 Å². The summed E-state index contributed by atoms with van der Waals surface area (Å²) in [6.45, 7) is 0. The number of nitrogens with zero attached hydrogens (tertiary/aromatic N) is 1. The molecule has 1 aromatic rings. The minimum absolute atomic E-state index is 0.00907. The fraction of sp³-hybridized carbons (Fsp3) is 0.500. The summed E-state index contributed by atoms with van der Waals surface area (Å²) in [4.78, 5) is 0. The zero-order valence-corrected chi connectivity index (χ0v) is 8.58. The topological polar surface area (TPSA) is 65.1 Å². The Kier molecular flexibility index (Phi) is 2.77. The lowest BCUT2D eigenvalue weighted by Crippen LogP contribution is -2.22. The number of hydrogen-bond donors (Lipinski definition) is 1. The summed E-state index contributed by atoms with van der Waals surface area (Å²) in [5.41, 5.74) is 6.56. The molecule has 1 heterocycles. The molecule has 0 radical (unpaired) electrons. The van der Waals surface area contributed by atoms with Crippen molar-refractivity contribution in [1.82, 2.24) is 4.57 Å². The molecule has 0 saturated heterocycles. The van der Waals surface area contributed by atoms with Crippen molar-refractivity contribution < 1.29 is 8.42 Å². The summed E-state index contributed by atoms with van der Waals surface area (Å²) in [6.07, 6.45) is 3.03. The zero-order chi connectivity index (χ0) is 10.1. The van der Waals surface area contributed by atoms with E-state index in [2.05, 4.69) is 0 Å². The van der Waals surface area contributed by atoms with E-state index < -0.39 is 15.9 Å². The summed E-state index contributed by atoms with van der Waals surface area (Å²) in [6, 6.07) is 3.24. The predicted octanol–water partition coefficient (Wildman–Crippen LogP) is 0.0695. The van der Waals surface area contributed by atoms with Crippen LogP contribution in [0.4, 0.5) is 0 Å². The second kappa shape index (κ2) is 3.51. The third-order valence-corrected chi connectivity index (χ3v) is 2.81. The Morgan fingerprint density at radius 3 is 2.62 bits per heavy atom. The quantitative estimate of drug-likeness (QED) is 0.754. The second-order valence-corrected chi connectivity index (χ2v) is 5.43.